The van der Waals surface area contributed by atoms with Gasteiger partial charge in [-0.3, -0.25) is 28.5 Å². The van der Waals surface area contributed by atoms with Crippen molar-refractivity contribution in [3.05, 3.63) is 309 Å². The number of halogens is 5. The first kappa shape index (κ1) is 64.4. The van der Waals surface area contributed by atoms with Crippen LogP contribution in [-0.2, 0) is 39.5 Å². The molecule has 3 heterocycles. The maximum absolute atomic E-state index is 13.5. The Bertz CT molecular complexity index is 4310. The number of rotatable bonds is 12. The van der Waals surface area contributed by atoms with Crippen molar-refractivity contribution in [1.82, 2.24) is 29.1 Å². The standard InChI is InChI=1S/C25H25F3N2O2.C25H28N2O2.C23H22ClFN2O2/c1-30-23(31)21(15-16-6-5-9-20(14-16)25(26,27)28)22(29-24(30)32)19-12-10-18(11-13-19)17-7-3-2-4-8-17;1-17-7-6-8-18(15-17)16-22-23(26-25(29)27(2)24(22)28)21-13-11-20(12-14-21)19-9-4-3-5-10-19;24-19-13-14(6-11-20(19)25)12-18-21(26-23(29)27-22(18)28)17-9-7-16(8-10-17)15-4-2-1-3-5-15/h2-9,14,18-19H,10-13,15H2,1H3,(H,29,32);3-10,15,20-21H,11-14,16H2,1-2H3,(H,26,29);1-6,11,13,16-17H,7-10,12H2,(H2,26,27,28,29). The summed E-state index contributed by atoms with van der Waals surface area (Å²) in [7, 11) is 2.93. The van der Waals surface area contributed by atoms with Crippen LogP contribution in [0.15, 0.2) is 186 Å². The van der Waals surface area contributed by atoms with Crippen molar-refractivity contribution in [2.75, 3.05) is 0 Å². The predicted octanol–water partition coefficient (Wildman–Crippen LogP) is 14.4. The van der Waals surface area contributed by atoms with E-state index >= 15 is 0 Å². The van der Waals surface area contributed by atoms with Crippen molar-refractivity contribution in [1.29, 1.82) is 0 Å². The smallest absolute Gasteiger partial charge is 0.311 e. The third-order valence-electron chi connectivity index (χ3n) is 18.6. The monoisotopic (exact) mass is 1240 g/mol. The first-order valence-electron chi connectivity index (χ1n) is 31.1. The molecule has 3 aromatic heterocycles. The highest BCUT2D eigenvalue weighted by molar-refractivity contribution is 6.30. The number of hydrogen-bond donors (Lipinski definition) is 4. The van der Waals surface area contributed by atoms with Gasteiger partial charge < -0.3 is 15.0 Å². The number of aryl methyl sites for hydroxylation is 1. The van der Waals surface area contributed by atoms with E-state index in [0.717, 1.165) is 116 Å². The van der Waals surface area contributed by atoms with Crippen LogP contribution in [0.5, 0.6) is 0 Å². The zero-order valence-electron chi connectivity index (χ0n) is 50.8. The van der Waals surface area contributed by atoms with Gasteiger partial charge in [0.1, 0.15) is 5.82 Å². The molecule has 0 radical (unpaired) electrons. The van der Waals surface area contributed by atoms with Gasteiger partial charge >= 0.3 is 23.2 Å². The minimum Gasteiger partial charge on any atom is -0.311 e. The van der Waals surface area contributed by atoms with Gasteiger partial charge in [-0.15, -0.1) is 0 Å². The Morgan fingerprint density at radius 3 is 1.22 bits per heavy atom. The molecule has 6 aromatic carbocycles. The summed E-state index contributed by atoms with van der Waals surface area (Å²) in [6, 6.07) is 49.0. The number of alkyl halides is 3. The summed E-state index contributed by atoms with van der Waals surface area (Å²) < 4.78 is 55.1. The van der Waals surface area contributed by atoms with Crippen molar-refractivity contribution in [2.24, 2.45) is 14.1 Å². The van der Waals surface area contributed by atoms with E-state index in [-0.39, 0.29) is 40.4 Å². The molecule has 4 N–H and O–H groups in total. The lowest BCUT2D eigenvalue weighted by Crippen LogP contribution is -2.37. The molecular formula is C73H75ClF4N6O6. The molecule has 3 aliphatic carbocycles. The van der Waals surface area contributed by atoms with E-state index < -0.39 is 40.1 Å². The van der Waals surface area contributed by atoms with E-state index in [9.17, 15) is 46.3 Å². The minimum atomic E-state index is -4.45. The highest BCUT2D eigenvalue weighted by atomic mass is 35.5. The van der Waals surface area contributed by atoms with E-state index in [0.29, 0.717) is 58.7 Å². The summed E-state index contributed by atoms with van der Waals surface area (Å²) in [6.45, 7) is 2.06. The SMILES string of the molecule is Cc1cccc(Cc2c(C3CCC(c4ccccc4)CC3)[nH]c(=O)n(C)c2=O)c1.Cn1c(=O)[nH]c(C2CCC(c3ccccc3)CC2)c(Cc2cccc(C(F)(F)F)c2)c1=O.O=c1[nH]c(C2CCC(c3ccccc3)CC2)c(Cc2ccc(F)c(Cl)c2)c(=O)[nH]1. The Morgan fingerprint density at radius 2 is 0.811 bits per heavy atom. The molecule has 3 fully saturated rings. The van der Waals surface area contributed by atoms with E-state index in [1.807, 2.05) is 36.4 Å². The summed E-state index contributed by atoms with van der Waals surface area (Å²) in [5.41, 5.74) is 8.10. The summed E-state index contributed by atoms with van der Waals surface area (Å²) >= 11 is 5.89. The van der Waals surface area contributed by atoms with Crippen LogP contribution in [0, 0.1) is 12.7 Å². The molecule has 0 unspecified atom stereocenters. The molecule has 0 aliphatic heterocycles. The molecule has 9 aromatic rings. The molecule has 3 aliphatic rings. The minimum absolute atomic E-state index is 0.00244. The Hall–Kier alpha value is -8.63. The number of H-pyrrole nitrogens is 4. The maximum atomic E-state index is 13.5. The third-order valence-corrected chi connectivity index (χ3v) is 18.9. The lowest BCUT2D eigenvalue weighted by atomic mass is 9.76. The maximum Gasteiger partial charge on any atom is 0.416 e. The molecule has 90 heavy (non-hydrogen) atoms. The fourth-order valence-electron chi connectivity index (χ4n) is 13.7. The van der Waals surface area contributed by atoms with Crippen LogP contribution in [0.1, 0.15) is 191 Å². The Kier molecular flexibility index (Phi) is 20.7. The first-order chi connectivity index (χ1) is 43.3. The molecule has 0 spiro atoms. The molecule has 12 rings (SSSR count). The van der Waals surface area contributed by atoms with E-state index in [2.05, 4.69) is 106 Å². The van der Waals surface area contributed by atoms with Crippen LogP contribution in [0.2, 0.25) is 5.02 Å². The Labute approximate surface area is 524 Å². The lowest BCUT2D eigenvalue weighted by Gasteiger charge is -2.30. The topological polar surface area (TPSA) is 175 Å². The molecule has 17 heteroatoms. The number of aromatic amines is 4. The normalized spacial score (nSPS) is 19.2. The molecule has 3 saturated carbocycles. The van der Waals surface area contributed by atoms with Crippen molar-refractivity contribution >= 4 is 11.6 Å². The van der Waals surface area contributed by atoms with Gasteiger partial charge in [0.05, 0.1) is 10.6 Å². The molecule has 12 nitrogen and oxygen atoms in total. The molecular weight excluding hydrogens is 1170 g/mol. The van der Waals surface area contributed by atoms with Crippen LogP contribution in [0.25, 0.3) is 0 Å². The number of nitrogens with zero attached hydrogens (tertiary/aromatic N) is 2. The summed E-state index contributed by atoms with van der Waals surface area (Å²) in [6.07, 6.45) is 7.84. The van der Waals surface area contributed by atoms with Crippen molar-refractivity contribution in [3.63, 3.8) is 0 Å². The van der Waals surface area contributed by atoms with E-state index in [1.54, 1.807) is 19.2 Å². The fourth-order valence-corrected chi connectivity index (χ4v) is 13.9. The molecule has 468 valence electrons. The second-order valence-corrected chi connectivity index (χ2v) is 24.9. The number of nitrogens with one attached hydrogen (secondary N) is 4. The first-order valence-corrected chi connectivity index (χ1v) is 31.5. The average Bonchev–Trinajstić information content (AvgIpc) is 0.847. The van der Waals surface area contributed by atoms with Crippen LogP contribution in [-0.4, -0.2) is 29.1 Å². The fraction of sp³-hybridized carbons (Fsp3) is 0.342. The van der Waals surface area contributed by atoms with Gasteiger partial charge in [0.15, 0.2) is 0 Å². The van der Waals surface area contributed by atoms with Gasteiger partial charge in [-0.25, -0.2) is 18.8 Å². The van der Waals surface area contributed by atoms with Gasteiger partial charge in [0.2, 0.25) is 0 Å². The highest BCUT2D eigenvalue weighted by Crippen LogP contribution is 2.43. The summed E-state index contributed by atoms with van der Waals surface area (Å²) in [5.74, 6) is 1.35. The number of hydrogen-bond acceptors (Lipinski definition) is 6. The molecule has 0 atom stereocenters. The largest absolute Gasteiger partial charge is 0.416 e. The van der Waals surface area contributed by atoms with Gasteiger partial charge in [0, 0.05) is 67.1 Å². The zero-order chi connectivity index (χ0) is 63.6. The second-order valence-electron chi connectivity index (χ2n) is 24.5. The summed E-state index contributed by atoms with van der Waals surface area (Å²) in [5, 5.41) is 0.0215. The van der Waals surface area contributed by atoms with Gasteiger partial charge in [-0.2, -0.15) is 13.2 Å². The van der Waals surface area contributed by atoms with Crippen molar-refractivity contribution in [3.8, 4) is 0 Å². The second kappa shape index (κ2) is 28.9. The Morgan fingerprint density at radius 1 is 0.433 bits per heavy atom. The highest BCUT2D eigenvalue weighted by Gasteiger charge is 2.33. The lowest BCUT2D eigenvalue weighted by molar-refractivity contribution is -0.137. The van der Waals surface area contributed by atoms with E-state index in [1.165, 1.54) is 52.1 Å². The van der Waals surface area contributed by atoms with E-state index in [4.69, 9.17) is 11.6 Å². The zero-order valence-corrected chi connectivity index (χ0v) is 51.6. The van der Waals surface area contributed by atoms with Crippen LogP contribution in [0.3, 0.4) is 0 Å². The summed E-state index contributed by atoms with van der Waals surface area (Å²) in [4.78, 5) is 86.2. The number of benzene rings is 6. The van der Waals surface area contributed by atoms with Gasteiger partial charge in [-0.05, 0) is 171 Å². The van der Waals surface area contributed by atoms with Crippen LogP contribution in [0.4, 0.5) is 17.6 Å². The molecule has 0 saturated heterocycles. The third kappa shape index (κ3) is 15.7. The molecule has 0 bridgehead atoms. The van der Waals surface area contributed by atoms with Crippen molar-refractivity contribution in [2.45, 2.75) is 145 Å². The Balaban J connectivity index is 0.000000149. The predicted molar refractivity (Wildman–Crippen MR) is 346 cm³/mol. The van der Waals surface area contributed by atoms with Crippen LogP contribution >= 0.6 is 11.6 Å². The number of aromatic nitrogens is 6. The van der Waals surface area contributed by atoms with Crippen LogP contribution < -0.4 is 33.7 Å². The molecule has 0 amide bonds. The van der Waals surface area contributed by atoms with Gasteiger partial charge in [-0.1, -0.05) is 157 Å². The van der Waals surface area contributed by atoms with Crippen molar-refractivity contribution < 1.29 is 17.6 Å². The average molecular weight is 1240 g/mol. The van der Waals surface area contributed by atoms with Gasteiger partial charge in [0.25, 0.3) is 16.7 Å². The quantitative estimate of drug-likeness (QED) is 0.0886.